The van der Waals surface area contributed by atoms with Crippen molar-refractivity contribution in [3.63, 3.8) is 0 Å². The highest BCUT2D eigenvalue weighted by molar-refractivity contribution is 8.14. The number of carboxylic acid groups (broad SMARTS) is 2. The highest BCUT2D eigenvalue weighted by Gasteiger charge is 2.40. The van der Waals surface area contributed by atoms with Crippen LogP contribution in [0.3, 0.4) is 0 Å². The molecule has 15 heavy (non-hydrogen) atoms. The highest BCUT2D eigenvalue weighted by Crippen LogP contribution is 2.22. The molecule has 8 heteroatoms. The molecule has 1 fully saturated rings. The Kier molecular flexibility index (Phi) is 3.30. The van der Waals surface area contributed by atoms with Gasteiger partial charge in [-0.3, -0.25) is 19.3 Å². The first-order valence-electron chi connectivity index (χ1n) is 3.87. The van der Waals surface area contributed by atoms with Gasteiger partial charge in [0.2, 0.25) is 5.91 Å². The molecule has 1 atom stereocenters. The monoisotopic (exact) mass is 233 g/mol. The molecule has 2 N–H and O–H groups in total. The maximum absolute atomic E-state index is 11.1. The second kappa shape index (κ2) is 4.30. The highest BCUT2D eigenvalue weighted by atomic mass is 32.2. The molecule has 0 aliphatic carbocycles. The molecule has 1 aliphatic heterocycles. The molecule has 0 saturated carbocycles. The minimum Gasteiger partial charge on any atom is -0.481 e. The summed E-state index contributed by atoms with van der Waals surface area (Å²) in [5.74, 6) is -3.68. The Morgan fingerprint density at radius 1 is 1.40 bits per heavy atom. The third-order valence-electron chi connectivity index (χ3n) is 1.75. The van der Waals surface area contributed by atoms with E-state index in [4.69, 9.17) is 10.2 Å². The lowest BCUT2D eigenvalue weighted by Crippen LogP contribution is -2.45. The molecule has 7 nitrogen and oxygen atoms in total. The van der Waals surface area contributed by atoms with Crippen molar-refractivity contribution in [3.05, 3.63) is 0 Å². The SMILES string of the molecule is O=C(O)CC(C(=O)O)N1C(=O)CSC1=O. The number of rotatable bonds is 4. The van der Waals surface area contributed by atoms with Gasteiger partial charge in [0.15, 0.2) is 0 Å². The van der Waals surface area contributed by atoms with Gasteiger partial charge in [-0.2, -0.15) is 0 Å². The first kappa shape index (κ1) is 11.5. The summed E-state index contributed by atoms with van der Waals surface area (Å²) >= 11 is 0.667. The van der Waals surface area contributed by atoms with Gasteiger partial charge >= 0.3 is 11.9 Å². The smallest absolute Gasteiger partial charge is 0.327 e. The number of hydrogen-bond acceptors (Lipinski definition) is 5. The first-order valence-corrected chi connectivity index (χ1v) is 4.85. The number of carbonyl (C=O) groups excluding carboxylic acids is 2. The van der Waals surface area contributed by atoms with Crippen molar-refractivity contribution in [3.8, 4) is 0 Å². The molecule has 2 amide bonds. The average molecular weight is 233 g/mol. The number of carboxylic acids is 2. The van der Waals surface area contributed by atoms with Crippen LogP contribution in [0.1, 0.15) is 6.42 Å². The van der Waals surface area contributed by atoms with Crippen molar-refractivity contribution in [1.82, 2.24) is 4.90 Å². The van der Waals surface area contributed by atoms with Gasteiger partial charge < -0.3 is 10.2 Å². The lowest BCUT2D eigenvalue weighted by atomic mass is 10.2. The molecule has 0 bridgehead atoms. The summed E-state index contributed by atoms with van der Waals surface area (Å²) in [6.45, 7) is 0. The zero-order chi connectivity index (χ0) is 11.6. The summed E-state index contributed by atoms with van der Waals surface area (Å²) in [5, 5.41) is 16.4. The zero-order valence-corrected chi connectivity index (χ0v) is 8.19. The maximum atomic E-state index is 11.1. The van der Waals surface area contributed by atoms with E-state index >= 15 is 0 Å². The molecule has 0 aromatic rings. The van der Waals surface area contributed by atoms with Crippen molar-refractivity contribution >= 4 is 34.8 Å². The fraction of sp³-hybridized carbons (Fsp3) is 0.429. The molecule has 0 radical (unpaired) electrons. The molecule has 1 rings (SSSR count). The predicted octanol–water partition coefficient (Wildman–Crippen LogP) is -0.390. The zero-order valence-electron chi connectivity index (χ0n) is 7.37. The lowest BCUT2D eigenvalue weighted by Gasteiger charge is -2.19. The van der Waals surface area contributed by atoms with Crippen molar-refractivity contribution in [2.45, 2.75) is 12.5 Å². The van der Waals surface area contributed by atoms with Crippen molar-refractivity contribution in [2.24, 2.45) is 0 Å². The lowest BCUT2D eigenvalue weighted by molar-refractivity contribution is -0.151. The van der Waals surface area contributed by atoms with Gasteiger partial charge in [-0.25, -0.2) is 4.79 Å². The van der Waals surface area contributed by atoms with E-state index in [2.05, 4.69) is 0 Å². The number of amides is 2. The molecule has 1 saturated heterocycles. The molecule has 82 valence electrons. The van der Waals surface area contributed by atoms with Crippen LogP contribution in [-0.4, -0.2) is 50.0 Å². The van der Waals surface area contributed by atoms with Crippen molar-refractivity contribution in [1.29, 1.82) is 0 Å². The Balaban J connectivity index is 2.88. The minimum absolute atomic E-state index is 0.137. The molecule has 1 heterocycles. The van der Waals surface area contributed by atoms with Crippen LogP contribution in [0.4, 0.5) is 4.79 Å². The maximum Gasteiger partial charge on any atom is 0.327 e. The van der Waals surface area contributed by atoms with E-state index in [-0.39, 0.29) is 5.75 Å². The summed E-state index contributed by atoms with van der Waals surface area (Å²) in [6.07, 6.45) is -0.784. The van der Waals surface area contributed by atoms with Crippen LogP contribution in [0.25, 0.3) is 0 Å². The van der Waals surface area contributed by atoms with Crippen LogP contribution in [0.5, 0.6) is 0 Å². The van der Waals surface area contributed by atoms with Crippen LogP contribution >= 0.6 is 11.8 Å². The summed E-state index contributed by atoms with van der Waals surface area (Å²) in [7, 11) is 0. The van der Waals surface area contributed by atoms with Crippen LogP contribution in [-0.2, 0) is 14.4 Å². The number of aliphatic carboxylic acids is 2. The number of hydrogen-bond donors (Lipinski definition) is 2. The van der Waals surface area contributed by atoms with Crippen LogP contribution in [0.15, 0.2) is 0 Å². The molecule has 0 aromatic carbocycles. The van der Waals surface area contributed by atoms with E-state index in [9.17, 15) is 19.2 Å². The van der Waals surface area contributed by atoms with Gasteiger partial charge in [-0.1, -0.05) is 11.8 Å². The van der Waals surface area contributed by atoms with Gasteiger partial charge in [0.05, 0.1) is 12.2 Å². The topological polar surface area (TPSA) is 112 Å². The van der Waals surface area contributed by atoms with Gasteiger partial charge in [-0.05, 0) is 0 Å². The predicted molar refractivity (Wildman–Crippen MR) is 48.4 cm³/mol. The number of imide groups is 1. The number of nitrogens with zero attached hydrogens (tertiary/aromatic N) is 1. The normalized spacial score (nSPS) is 18.0. The first-order chi connectivity index (χ1) is 6.93. The molecular formula is C7H7NO6S. The summed E-state index contributed by atoms with van der Waals surface area (Å²) in [5.41, 5.74) is 0. The Morgan fingerprint density at radius 3 is 2.33 bits per heavy atom. The van der Waals surface area contributed by atoms with Crippen LogP contribution < -0.4 is 0 Å². The Bertz CT molecular complexity index is 324. The third-order valence-corrected chi connectivity index (χ3v) is 2.58. The van der Waals surface area contributed by atoms with Crippen LogP contribution in [0.2, 0.25) is 0 Å². The van der Waals surface area contributed by atoms with Gasteiger partial charge in [0, 0.05) is 0 Å². The van der Waals surface area contributed by atoms with Crippen LogP contribution in [0, 0.1) is 0 Å². The largest absolute Gasteiger partial charge is 0.481 e. The molecule has 0 spiro atoms. The molecule has 1 unspecified atom stereocenters. The summed E-state index contributed by atoms with van der Waals surface area (Å²) in [4.78, 5) is 43.8. The Morgan fingerprint density at radius 2 is 2.00 bits per heavy atom. The fourth-order valence-electron chi connectivity index (χ4n) is 1.12. The van der Waals surface area contributed by atoms with Gasteiger partial charge in [0.25, 0.3) is 5.24 Å². The minimum atomic E-state index is -1.61. The van der Waals surface area contributed by atoms with E-state index in [1.165, 1.54) is 0 Å². The molecule has 0 aromatic heterocycles. The Labute approximate surface area is 88.0 Å². The number of thioether (sulfide) groups is 1. The Hall–Kier alpha value is -1.57. The fourth-order valence-corrected chi connectivity index (χ4v) is 1.87. The quantitative estimate of drug-likeness (QED) is 0.679. The van der Waals surface area contributed by atoms with E-state index in [1.807, 2.05) is 0 Å². The van der Waals surface area contributed by atoms with Crippen molar-refractivity contribution < 1.29 is 29.4 Å². The number of carbonyl (C=O) groups is 4. The molecule has 1 aliphatic rings. The second-order valence-electron chi connectivity index (χ2n) is 2.77. The average Bonchev–Trinajstić information content (AvgIpc) is 2.42. The second-order valence-corrected chi connectivity index (χ2v) is 3.70. The van der Waals surface area contributed by atoms with E-state index in [0.717, 1.165) is 0 Å². The van der Waals surface area contributed by atoms with Gasteiger partial charge in [0.1, 0.15) is 6.04 Å². The van der Waals surface area contributed by atoms with Crippen molar-refractivity contribution in [2.75, 3.05) is 5.75 Å². The summed E-state index contributed by atoms with van der Waals surface area (Å²) in [6, 6.07) is -1.61. The molecular weight excluding hydrogens is 226 g/mol. The third kappa shape index (κ3) is 2.46. The van der Waals surface area contributed by atoms with Gasteiger partial charge in [-0.15, -0.1) is 0 Å². The van der Waals surface area contributed by atoms with E-state index in [1.54, 1.807) is 0 Å². The van der Waals surface area contributed by atoms with E-state index < -0.39 is 35.5 Å². The standard InChI is InChI=1S/C7H7NO6S/c9-4-2-15-7(14)8(4)3(6(12)13)1-5(10)11/h3H,1-2H2,(H,10,11)(H,12,13). The van der Waals surface area contributed by atoms with E-state index in [0.29, 0.717) is 16.7 Å². The summed E-state index contributed by atoms with van der Waals surface area (Å²) < 4.78 is 0.